The standard InChI is InChI=1S/C34H60N2O9/c1-27(37)25-26-29(34(44)45)36-31(39)23-20-21-28(33(42)43)35-30(38)22-18-16-14-12-10-8-6-4-2-3-5-7-9-11-13-15-17-19-24-32(40)41/h28-29H,2-26H2,1H3,(H,35,38)(H,36,39)(H,40,41)(H,42,43)(H,44,45)/t28-,29-/m0/s1. The number of ketones is 1. The summed E-state index contributed by atoms with van der Waals surface area (Å²) in [6.45, 7) is 1.34. The summed E-state index contributed by atoms with van der Waals surface area (Å²) in [5.41, 5.74) is 0. The maximum Gasteiger partial charge on any atom is 0.326 e. The van der Waals surface area contributed by atoms with Gasteiger partial charge in [-0.15, -0.1) is 0 Å². The van der Waals surface area contributed by atoms with Gasteiger partial charge >= 0.3 is 17.9 Å². The van der Waals surface area contributed by atoms with Crippen LogP contribution in [-0.4, -0.2) is 62.9 Å². The van der Waals surface area contributed by atoms with Crippen molar-refractivity contribution in [3.05, 3.63) is 0 Å². The lowest BCUT2D eigenvalue weighted by atomic mass is 10.0. The second-order valence-corrected chi connectivity index (χ2v) is 12.3. The SMILES string of the molecule is CC(=O)CC[C@H](NC(=O)CCC[C@H](NC(=O)CCCCCCCCCCCCCCCCCCCCC(=O)O)C(=O)O)C(=O)O. The Morgan fingerprint density at radius 2 is 0.733 bits per heavy atom. The van der Waals surface area contributed by atoms with Crippen molar-refractivity contribution in [2.75, 3.05) is 0 Å². The Morgan fingerprint density at radius 3 is 1.07 bits per heavy atom. The topological polar surface area (TPSA) is 187 Å². The molecule has 45 heavy (non-hydrogen) atoms. The molecule has 0 aliphatic rings. The van der Waals surface area contributed by atoms with Crippen LogP contribution in [0.15, 0.2) is 0 Å². The number of Topliss-reactive ketones (excluding diaryl/α,β-unsaturated/α-hetero) is 1. The van der Waals surface area contributed by atoms with Gasteiger partial charge in [0.05, 0.1) is 0 Å². The largest absolute Gasteiger partial charge is 0.481 e. The van der Waals surface area contributed by atoms with E-state index in [9.17, 15) is 39.0 Å². The lowest BCUT2D eigenvalue weighted by molar-refractivity contribution is -0.142. The quantitative estimate of drug-likeness (QED) is 0.0508. The zero-order valence-electron chi connectivity index (χ0n) is 27.6. The molecule has 0 rings (SSSR count). The molecule has 2 amide bonds. The lowest BCUT2D eigenvalue weighted by Crippen LogP contribution is -2.42. The Labute approximate surface area is 269 Å². The monoisotopic (exact) mass is 640 g/mol. The van der Waals surface area contributed by atoms with E-state index in [1.54, 1.807) is 0 Å². The van der Waals surface area contributed by atoms with Gasteiger partial charge in [-0.1, -0.05) is 103 Å². The maximum absolute atomic E-state index is 12.2. The molecule has 0 bridgehead atoms. The Morgan fingerprint density at radius 1 is 0.422 bits per heavy atom. The van der Waals surface area contributed by atoms with E-state index in [4.69, 9.17) is 5.11 Å². The fraction of sp³-hybridized carbons (Fsp3) is 0.824. The fourth-order valence-electron chi connectivity index (χ4n) is 5.25. The number of nitrogens with one attached hydrogen (secondary N) is 2. The summed E-state index contributed by atoms with van der Waals surface area (Å²) in [4.78, 5) is 68.7. The zero-order valence-corrected chi connectivity index (χ0v) is 27.6. The number of carboxylic acid groups (broad SMARTS) is 3. The lowest BCUT2D eigenvalue weighted by Gasteiger charge is -2.16. The van der Waals surface area contributed by atoms with Crippen molar-refractivity contribution in [3.8, 4) is 0 Å². The normalized spacial score (nSPS) is 12.3. The molecule has 0 aromatic heterocycles. The van der Waals surface area contributed by atoms with Gasteiger partial charge in [0.25, 0.3) is 0 Å². The molecule has 0 radical (unpaired) electrons. The number of carbonyl (C=O) groups excluding carboxylic acids is 3. The summed E-state index contributed by atoms with van der Waals surface area (Å²) in [5, 5.41) is 32.1. The summed E-state index contributed by atoms with van der Waals surface area (Å²) in [6.07, 6.45) is 21.4. The van der Waals surface area contributed by atoms with E-state index in [1.165, 1.54) is 77.6 Å². The van der Waals surface area contributed by atoms with Gasteiger partial charge in [-0.2, -0.15) is 0 Å². The number of aliphatic carboxylic acids is 3. The van der Waals surface area contributed by atoms with Crippen molar-refractivity contribution in [1.82, 2.24) is 10.6 Å². The Bertz CT molecular complexity index is 863. The molecule has 5 N–H and O–H groups in total. The second kappa shape index (κ2) is 28.5. The van der Waals surface area contributed by atoms with E-state index in [0.717, 1.165) is 38.5 Å². The average Bonchev–Trinajstić information content (AvgIpc) is 2.97. The first kappa shape index (κ1) is 42.0. The molecular weight excluding hydrogens is 580 g/mol. The van der Waals surface area contributed by atoms with Crippen molar-refractivity contribution >= 4 is 35.5 Å². The Balaban J connectivity index is 3.73. The number of carboxylic acids is 3. The number of hydrogen-bond acceptors (Lipinski definition) is 6. The number of rotatable bonds is 32. The minimum absolute atomic E-state index is 0.00576. The molecule has 0 saturated carbocycles. The first-order valence-electron chi connectivity index (χ1n) is 17.3. The van der Waals surface area contributed by atoms with E-state index < -0.39 is 35.9 Å². The van der Waals surface area contributed by atoms with Crippen LogP contribution in [0.4, 0.5) is 0 Å². The molecule has 0 aromatic rings. The highest BCUT2D eigenvalue weighted by Gasteiger charge is 2.22. The number of hydrogen-bond donors (Lipinski definition) is 5. The van der Waals surface area contributed by atoms with E-state index >= 15 is 0 Å². The third-order valence-electron chi connectivity index (χ3n) is 7.99. The van der Waals surface area contributed by atoms with Crippen LogP contribution in [0.5, 0.6) is 0 Å². The van der Waals surface area contributed by atoms with Gasteiger partial charge in [0.15, 0.2) is 0 Å². The smallest absolute Gasteiger partial charge is 0.326 e. The fourth-order valence-corrected chi connectivity index (χ4v) is 5.25. The molecule has 0 aliphatic heterocycles. The number of unbranched alkanes of at least 4 members (excludes halogenated alkanes) is 17. The highest BCUT2D eigenvalue weighted by Crippen LogP contribution is 2.15. The average molecular weight is 641 g/mol. The molecule has 0 saturated heterocycles. The van der Waals surface area contributed by atoms with Crippen molar-refractivity contribution < 1.29 is 44.1 Å². The summed E-state index contributed by atoms with van der Waals surface area (Å²) in [7, 11) is 0. The molecule has 260 valence electrons. The Hall–Kier alpha value is -2.98. The molecule has 0 fully saturated rings. The first-order chi connectivity index (χ1) is 21.5. The van der Waals surface area contributed by atoms with Crippen LogP contribution >= 0.6 is 0 Å². The molecule has 11 nitrogen and oxygen atoms in total. The van der Waals surface area contributed by atoms with E-state index in [2.05, 4.69) is 10.6 Å². The van der Waals surface area contributed by atoms with E-state index in [1.807, 2.05) is 0 Å². The molecule has 0 unspecified atom stereocenters. The maximum atomic E-state index is 12.2. The number of carbonyl (C=O) groups is 6. The number of amides is 2. The van der Waals surface area contributed by atoms with Crippen LogP contribution < -0.4 is 10.6 Å². The van der Waals surface area contributed by atoms with Crippen molar-refractivity contribution in [2.45, 2.75) is 180 Å². The summed E-state index contributed by atoms with van der Waals surface area (Å²) in [6, 6.07) is -2.28. The van der Waals surface area contributed by atoms with Crippen molar-refractivity contribution in [3.63, 3.8) is 0 Å². The third-order valence-corrected chi connectivity index (χ3v) is 7.99. The van der Waals surface area contributed by atoms with Crippen molar-refractivity contribution in [1.29, 1.82) is 0 Å². The molecular formula is C34H60N2O9. The van der Waals surface area contributed by atoms with E-state index in [-0.39, 0.29) is 50.2 Å². The second-order valence-electron chi connectivity index (χ2n) is 12.3. The summed E-state index contributed by atoms with van der Waals surface area (Å²) < 4.78 is 0. The van der Waals surface area contributed by atoms with Gasteiger partial charge in [-0.25, -0.2) is 9.59 Å². The molecule has 0 aliphatic carbocycles. The van der Waals surface area contributed by atoms with Crippen LogP contribution in [-0.2, 0) is 28.8 Å². The van der Waals surface area contributed by atoms with Crippen molar-refractivity contribution in [2.24, 2.45) is 0 Å². The zero-order chi connectivity index (χ0) is 33.7. The minimum atomic E-state index is -1.23. The van der Waals surface area contributed by atoms with Crippen LogP contribution in [0.25, 0.3) is 0 Å². The summed E-state index contributed by atoms with van der Waals surface area (Å²) >= 11 is 0. The van der Waals surface area contributed by atoms with Gasteiger partial charge in [0.2, 0.25) is 11.8 Å². The third kappa shape index (κ3) is 28.2. The summed E-state index contributed by atoms with van der Waals surface area (Å²) in [5.74, 6) is -4.14. The van der Waals surface area contributed by atoms with Gasteiger partial charge in [0, 0.05) is 25.7 Å². The molecule has 0 spiro atoms. The predicted octanol–water partition coefficient (Wildman–Crippen LogP) is 6.55. The van der Waals surface area contributed by atoms with Gasteiger partial charge < -0.3 is 30.7 Å². The van der Waals surface area contributed by atoms with Crippen LogP contribution in [0.1, 0.15) is 167 Å². The molecule has 11 heteroatoms. The first-order valence-corrected chi connectivity index (χ1v) is 17.3. The highest BCUT2D eigenvalue weighted by molar-refractivity contribution is 5.85. The molecule has 0 heterocycles. The van der Waals surface area contributed by atoms with Crippen LogP contribution in [0.3, 0.4) is 0 Å². The van der Waals surface area contributed by atoms with Gasteiger partial charge in [-0.3, -0.25) is 14.4 Å². The van der Waals surface area contributed by atoms with Gasteiger partial charge in [-0.05, 0) is 39.0 Å². The predicted molar refractivity (Wildman–Crippen MR) is 173 cm³/mol. The van der Waals surface area contributed by atoms with E-state index in [0.29, 0.717) is 12.8 Å². The van der Waals surface area contributed by atoms with Crippen LogP contribution in [0.2, 0.25) is 0 Å². The van der Waals surface area contributed by atoms with Gasteiger partial charge in [0.1, 0.15) is 17.9 Å². The molecule has 2 atom stereocenters. The molecule has 0 aromatic carbocycles. The minimum Gasteiger partial charge on any atom is -0.481 e. The highest BCUT2D eigenvalue weighted by atomic mass is 16.4. The van der Waals surface area contributed by atoms with Crippen LogP contribution in [0, 0.1) is 0 Å². The Kier molecular flexibility index (Phi) is 26.6.